The van der Waals surface area contributed by atoms with Crippen molar-refractivity contribution in [1.82, 2.24) is 5.32 Å². The number of anilines is 1. The predicted molar refractivity (Wildman–Crippen MR) is 90.9 cm³/mol. The summed E-state index contributed by atoms with van der Waals surface area (Å²) in [6.45, 7) is 1.58. The van der Waals surface area contributed by atoms with Gasteiger partial charge in [0.1, 0.15) is 5.75 Å². The quantitative estimate of drug-likeness (QED) is 0.865. The Hall–Kier alpha value is -2.67. The largest absolute Gasteiger partial charge is 0.477 e. The molecular formula is C17H16N2O4S. The van der Waals surface area contributed by atoms with Crippen molar-refractivity contribution in [2.45, 2.75) is 13.0 Å². The van der Waals surface area contributed by atoms with E-state index in [1.165, 1.54) is 18.9 Å². The molecule has 2 amide bonds. The Morgan fingerprint density at radius 3 is 2.54 bits per heavy atom. The number of nitrogens with zero attached hydrogens (tertiary/aromatic N) is 1. The maximum atomic E-state index is 12.9. The van der Waals surface area contributed by atoms with Gasteiger partial charge in [-0.1, -0.05) is 12.1 Å². The summed E-state index contributed by atoms with van der Waals surface area (Å²) in [7, 11) is 1.52. The normalized spacial score (nSPS) is 16.1. The fourth-order valence-electron chi connectivity index (χ4n) is 2.50. The topological polar surface area (TPSA) is 75.7 Å². The van der Waals surface area contributed by atoms with Crippen molar-refractivity contribution in [2.24, 2.45) is 0 Å². The number of thiophene rings is 1. The highest BCUT2D eigenvalue weighted by Gasteiger charge is 2.34. The molecule has 24 heavy (non-hydrogen) atoms. The second-order valence-corrected chi connectivity index (χ2v) is 6.41. The molecule has 0 saturated heterocycles. The maximum Gasteiger partial charge on any atom is 0.268 e. The van der Waals surface area contributed by atoms with Crippen molar-refractivity contribution < 1.29 is 19.1 Å². The molecule has 0 fully saturated rings. The first-order chi connectivity index (χ1) is 11.5. The van der Waals surface area contributed by atoms with Crippen molar-refractivity contribution >= 4 is 34.6 Å². The van der Waals surface area contributed by atoms with E-state index in [2.05, 4.69) is 5.32 Å². The number of nitrogens with one attached hydrogen (secondary N) is 1. The zero-order chi connectivity index (χ0) is 17.3. The van der Waals surface area contributed by atoms with Crippen LogP contribution in [-0.4, -0.2) is 37.3 Å². The Morgan fingerprint density at radius 1 is 1.17 bits per heavy atom. The van der Waals surface area contributed by atoms with Crippen LogP contribution in [0.2, 0.25) is 0 Å². The first-order valence-electron chi connectivity index (χ1n) is 7.41. The Morgan fingerprint density at radius 2 is 1.88 bits per heavy atom. The molecule has 1 atom stereocenters. The van der Waals surface area contributed by atoms with Gasteiger partial charge in [-0.15, -0.1) is 11.3 Å². The van der Waals surface area contributed by atoms with Crippen LogP contribution in [0.5, 0.6) is 5.75 Å². The molecule has 1 N–H and O–H groups in total. The monoisotopic (exact) mass is 344 g/mol. The third-order valence-corrected chi connectivity index (χ3v) is 4.90. The number of ether oxygens (including phenoxy) is 1. The number of ketones is 1. The van der Waals surface area contributed by atoms with E-state index in [1.54, 1.807) is 36.4 Å². The molecule has 0 unspecified atom stereocenters. The standard InChI is InChI=1S/C17H16N2O4S/c1-10(20)14-7-8-15(24-14)17(22)19-9-13(16(21)18-2)23-12-6-4-3-5-11(12)19/h3-8,13H,9H2,1-2H3,(H,18,21)/t13-/m1/s1. The number of fused-ring (bicyclic) bond motifs is 1. The average molecular weight is 344 g/mol. The minimum Gasteiger partial charge on any atom is -0.477 e. The number of amides is 2. The van der Waals surface area contributed by atoms with Crippen molar-refractivity contribution in [3.8, 4) is 5.75 Å². The first kappa shape index (κ1) is 16.2. The molecule has 124 valence electrons. The number of hydrogen-bond acceptors (Lipinski definition) is 5. The van der Waals surface area contributed by atoms with E-state index in [4.69, 9.17) is 4.74 Å². The maximum absolute atomic E-state index is 12.9. The van der Waals surface area contributed by atoms with E-state index in [1.807, 2.05) is 0 Å². The summed E-state index contributed by atoms with van der Waals surface area (Å²) in [5.74, 6) is -0.145. The van der Waals surface area contributed by atoms with Crippen LogP contribution >= 0.6 is 11.3 Å². The van der Waals surface area contributed by atoms with Crippen LogP contribution in [-0.2, 0) is 4.79 Å². The van der Waals surface area contributed by atoms with Gasteiger partial charge in [-0.05, 0) is 31.2 Å². The van der Waals surface area contributed by atoms with E-state index in [9.17, 15) is 14.4 Å². The fourth-order valence-corrected chi connectivity index (χ4v) is 3.35. The molecule has 1 aromatic heterocycles. The molecule has 0 radical (unpaired) electrons. The van der Waals surface area contributed by atoms with E-state index < -0.39 is 6.10 Å². The highest BCUT2D eigenvalue weighted by Crippen LogP contribution is 2.34. The zero-order valence-corrected chi connectivity index (χ0v) is 14.1. The molecule has 0 bridgehead atoms. The van der Waals surface area contributed by atoms with Gasteiger partial charge >= 0.3 is 0 Å². The highest BCUT2D eigenvalue weighted by molar-refractivity contribution is 7.16. The number of para-hydroxylation sites is 2. The van der Waals surface area contributed by atoms with Crippen molar-refractivity contribution in [3.05, 3.63) is 46.2 Å². The summed E-state index contributed by atoms with van der Waals surface area (Å²) in [6, 6.07) is 10.4. The Labute approximate surface area is 143 Å². The van der Waals surface area contributed by atoms with Crippen LogP contribution in [0, 0.1) is 0 Å². The molecule has 1 aromatic carbocycles. The average Bonchev–Trinajstić information content (AvgIpc) is 3.09. The summed E-state index contributed by atoms with van der Waals surface area (Å²) in [6.07, 6.45) is -0.777. The van der Waals surface area contributed by atoms with E-state index in [0.29, 0.717) is 21.2 Å². The van der Waals surface area contributed by atoms with Crippen molar-refractivity contribution in [2.75, 3.05) is 18.5 Å². The zero-order valence-electron chi connectivity index (χ0n) is 13.2. The van der Waals surface area contributed by atoms with E-state index in [-0.39, 0.29) is 24.1 Å². The van der Waals surface area contributed by atoms with Gasteiger partial charge in [-0.3, -0.25) is 19.3 Å². The number of rotatable bonds is 3. The van der Waals surface area contributed by atoms with Crippen LogP contribution in [0.25, 0.3) is 0 Å². The number of hydrogen-bond donors (Lipinski definition) is 1. The van der Waals surface area contributed by atoms with Crippen LogP contribution in [0.1, 0.15) is 26.3 Å². The van der Waals surface area contributed by atoms with Gasteiger partial charge < -0.3 is 10.1 Å². The van der Waals surface area contributed by atoms with Gasteiger partial charge in [-0.2, -0.15) is 0 Å². The van der Waals surface area contributed by atoms with Crippen molar-refractivity contribution in [1.29, 1.82) is 0 Å². The molecule has 0 spiro atoms. The number of Topliss-reactive ketones (excluding diaryl/α,β-unsaturated/α-hetero) is 1. The summed E-state index contributed by atoms with van der Waals surface area (Å²) in [5.41, 5.74) is 0.612. The van der Waals surface area contributed by atoms with Crippen molar-refractivity contribution in [3.63, 3.8) is 0 Å². The second-order valence-electron chi connectivity index (χ2n) is 5.32. The van der Waals surface area contributed by atoms with Gasteiger partial charge in [0.25, 0.3) is 11.8 Å². The van der Waals surface area contributed by atoms with Gasteiger partial charge in [0.15, 0.2) is 11.9 Å². The SMILES string of the molecule is CNC(=O)[C@H]1CN(C(=O)c2ccc(C(C)=O)s2)c2ccccc2O1. The van der Waals surface area contributed by atoms with Crippen LogP contribution < -0.4 is 15.0 Å². The minimum atomic E-state index is -0.777. The lowest BCUT2D eigenvalue weighted by Gasteiger charge is -2.33. The lowest BCUT2D eigenvalue weighted by molar-refractivity contribution is -0.127. The Balaban J connectivity index is 1.96. The molecule has 0 aliphatic carbocycles. The Bertz CT molecular complexity index is 814. The molecule has 3 rings (SSSR count). The van der Waals surface area contributed by atoms with E-state index >= 15 is 0 Å². The molecule has 0 saturated carbocycles. The van der Waals surface area contributed by atoms with Crippen LogP contribution in [0.4, 0.5) is 5.69 Å². The summed E-state index contributed by atoms with van der Waals surface area (Å²) < 4.78 is 5.69. The molecule has 6 nitrogen and oxygen atoms in total. The predicted octanol–water partition coefficient (Wildman–Crippen LogP) is 2.10. The summed E-state index contributed by atoms with van der Waals surface area (Å²) in [5, 5.41) is 2.54. The molecule has 1 aliphatic rings. The minimum absolute atomic E-state index is 0.0790. The van der Waals surface area contributed by atoms with Gasteiger partial charge in [0.05, 0.1) is 22.0 Å². The lowest BCUT2D eigenvalue weighted by Crippen LogP contribution is -2.50. The number of carbonyl (C=O) groups excluding carboxylic acids is 3. The second kappa shape index (κ2) is 6.45. The van der Waals surface area contributed by atoms with Gasteiger partial charge in [-0.25, -0.2) is 0 Å². The number of carbonyl (C=O) groups is 3. The molecule has 2 heterocycles. The summed E-state index contributed by atoms with van der Waals surface area (Å²) >= 11 is 1.15. The fraction of sp³-hybridized carbons (Fsp3) is 0.235. The number of benzene rings is 1. The molecule has 7 heteroatoms. The smallest absolute Gasteiger partial charge is 0.268 e. The summed E-state index contributed by atoms with van der Waals surface area (Å²) in [4.78, 5) is 38.8. The molecule has 1 aliphatic heterocycles. The highest BCUT2D eigenvalue weighted by atomic mass is 32.1. The molecule has 2 aromatic rings. The van der Waals surface area contributed by atoms with Crippen LogP contribution in [0.15, 0.2) is 36.4 Å². The lowest BCUT2D eigenvalue weighted by atomic mass is 10.1. The van der Waals surface area contributed by atoms with Crippen LogP contribution in [0.3, 0.4) is 0 Å². The van der Waals surface area contributed by atoms with Gasteiger partial charge in [0.2, 0.25) is 0 Å². The third kappa shape index (κ3) is 2.90. The first-order valence-corrected chi connectivity index (χ1v) is 8.23. The van der Waals surface area contributed by atoms with E-state index in [0.717, 1.165) is 11.3 Å². The Kier molecular flexibility index (Phi) is 4.35. The number of likely N-dealkylation sites (N-methyl/N-ethyl adjacent to an activating group) is 1. The third-order valence-electron chi connectivity index (χ3n) is 3.72. The van der Waals surface area contributed by atoms with Gasteiger partial charge in [0, 0.05) is 7.05 Å². The molecular weight excluding hydrogens is 328 g/mol.